The molecule has 0 spiro atoms. The van der Waals surface area contributed by atoms with Crippen molar-refractivity contribution in [2.45, 2.75) is 18.8 Å². The zero-order valence-electron chi connectivity index (χ0n) is 14.3. The van der Waals surface area contributed by atoms with Gasteiger partial charge < -0.3 is 0 Å². The van der Waals surface area contributed by atoms with Crippen LogP contribution in [0.4, 0.5) is 0 Å². The van der Waals surface area contributed by atoms with E-state index < -0.39 is 10.0 Å². The highest BCUT2D eigenvalue weighted by Crippen LogP contribution is 2.33. The minimum absolute atomic E-state index is 0.168. The molecule has 6 heteroatoms. The third-order valence-corrected chi connectivity index (χ3v) is 7.37. The molecule has 0 saturated carbocycles. The summed E-state index contributed by atoms with van der Waals surface area (Å²) >= 11 is 1.68. The lowest BCUT2D eigenvalue weighted by atomic mass is 10.0. The summed E-state index contributed by atoms with van der Waals surface area (Å²) in [6.45, 7) is 1.07. The van der Waals surface area contributed by atoms with Gasteiger partial charge in [0.1, 0.15) is 0 Å². The largest absolute Gasteiger partial charge is 0.241 e. The number of thiazole rings is 1. The smallest absolute Gasteiger partial charge is 0.236 e. The second-order valence-electron chi connectivity index (χ2n) is 6.48. The predicted octanol–water partition coefficient (Wildman–Crippen LogP) is 4.48. The molecule has 0 aliphatic carbocycles. The normalized spacial score (nSPS) is 19.3. The number of nitrogens with zero attached hydrogens (tertiary/aromatic N) is 2. The highest BCUT2D eigenvalue weighted by atomic mass is 32.2. The van der Waals surface area contributed by atoms with E-state index in [0.717, 1.165) is 33.6 Å². The Labute approximate surface area is 157 Å². The summed E-state index contributed by atoms with van der Waals surface area (Å²) < 4.78 is 28.2. The number of hydrogen-bond acceptors (Lipinski definition) is 4. The highest BCUT2D eigenvalue weighted by molar-refractivity contribution is 7.92. The van der Waals surface area contributed by atoms with Crippen LogP contribution in [0.25, 0.3) is 16.3 Å². The molecule has 4 nitrogen and oxygen atoms in total. The van der Waals surface area contributed by atoms with Crippen LogP contribution in [-0.4, -0.2) is 30.8 Å². The number of para-hydroxylation sites is 1. The van der Waals surface area contributed by atoms with Crippen molar-refractivity contribution in [2.24, 2.45) is 0 Å². The standard InChI is InChI=1S/C20H20N2O2S2/c23-26(24,14-12-16-7-2-1-3-8-16)22-13-6-9-17(15-22)20-21-18-10-4-5-11-19(18)25-20/h1-5,7-8,10-12,14,17H,6,9,13,15H2/b14-12+/t17-/m0/s1. The second kappa shape index (κ2) is 7.31. The molecule has 0 N–H and O–H groups in total. The predicted molar refractivity (Wildman–Crippen MR) is 108 cm³/mol. The Bertz CT molecular complexity index is 993. The number of fused-ring (bicyclic) bond motifs is 1. The summed E-state index contributed by atoms with van der Waals surface area (Å²) in [4.78, 5) is 4.73. The Balaban J connectivity index is 1.53. The molecular formula is C20H20N2O2S2. The van der Waals surface area contributed by atoms with Gasteiger partial charge in [0.2, 0.25) is 10.0 Å². The molecule has 1 aliphatic rings. The minimum atomic E-state index is -3.42. The van der Waals surface area contributed by atoms with Gasteiger partial charge >= 0.3 is 0 Å². The molecule has 1 saturated heterocycles. The van der Waals surface area contributed by atoms with Crippen molar-refractivity contribution < 1.29 is 8.42 Å². The Morgan fingerprint density at radius 1 is 1.08 bits per heavy atom. The monoisotopic (exact) mass is 384 g/mol. The quantitative estimate of drug-likeness (QED) is 0.666. The van der Waals surface area contributed by atoms with Gasteiger partial charge in [-0.3, -0.25) is 0 Å². The van der Waals surface area contributed by atoms with E-state index in [1.54, 1.807) is 21.7 Å². The van der Waals surface area contributed by atoms with Gasteiger partial charge in [-0.05, 0) is 36.6 Å². The number of benzene rings is 2. The first-order valence-corrected chi connectivity index (χ1v) is 11.0. The maximum absolute atomic E-state index is 12.7. The second-order valence-corrected chi connectivity index (χ2v) is 9.36. The van der Waals surface area contributed by atoms with Crippen LogP contribution in [0.2, 0.25) is 0 Å². The van der Waals surface area contributed by atoms with E-state index in [1.165, 1.54) is 5.41 Å². The minimum Gasteiger partial charge on any atom is -0.241 e. The highest BCUT2D eigenvalue weighted by Gasteiger charge is 2.29. The average molecular weight is 385 g/mol. The lowest BCUT2D eigenvalue weighted by Gasteiger charge is -2.29. The number of hydrogen-bond donors (Lipinski definition) is 0. The fourth-order valence-electron chi connectivity index (χ4n) is 3.25. The van der Waals surface area contributed by atoms with Crippen LogP contribution >= 0.6 is 11.3 Å². The van der Waals surface area contributed by atoms with Crippen molar-refractivity contribution in [2.75, 3.05) is 13.1 Å². The fourth-order valence-corrected chi connectivity index (χ4v) is 5.62. The molecule has 134 valence electrons. The van der Waals surface area contributed by atoms with Crippen LogP contribution in [-0.2, 0) is 10.0 Å². The van der Waals surface area contributed by atoms with Crippen LogP contribution < -0.4 is 0 Å². The van der Waals surface area contributed by atoms with Crippen LogP contribution in [0.3, 0.4) is 0 Å². The van der Waals surface area contributed by atoms with Crippen molar-refractivity contribution in [3.8, 4) is 0 Å². The lowest BCUT2D eigenvalue weighted by Crippen LogP contribution is -2.37. The number of aromatic nitrogens is 1. The third kappa shape index (κ3) is 3.72. The Kier molecular flexibility index (Phi) is 4.89. The molecule has 0 bridgehead atoms. The summed E-state index contributed by atoms with van der Waals surface area (Å²) in [6, 6.07) is 17.6. The van der Waals surface area contributed by atoms with E-state index in [9.17, 15) is 8.42 Å². The molecule has 1 atom stereocenters. The SMILES string of the molecule is O=S(=O)(/C=C/c1ccccc1)N1CCC[C@H](c2nc3ccccc3s2)C1. The topological polar surface area (TPSA) is 50.3 Å². The van der Waals surface area contributed by atoms with E-state index >= 15 is 0 Å². The van der Waals surface area contributed by atoms with Crippen molar-refractivity contribution in [1.82, 2.24) is 9.29 Å². The van der Waals surface area contributed by atoms with Gasteiger partial charge in [-0.2, -0.15) is 4.31 Å². The van der Waals surface area contributed by atoms with E-state index in [0.29, 0.717) is 13.1 Å². The van der Waals surface area contributed by atoms with Gasteiger partial charge in [0.05, 0.1) is 15.2 Å². The van der Waals surface area contributed by atoms with E-state index in [-0.39, 0.29) is 5.92 Å². The van der Waals surface area contributed by atoms with Crippen LogP contribution in [0, 0.1) is 0 Å². The van der Waals surface area contributed by atoms with Crippen molar-refractivity contribution in [3.63, 3.8) is 0 Å². The van der Waals surface area contributed by atoms with Gasteiger partial charge in [0.25, 0.3) is 0 Å². The molecule has 1 aromatic heterocycles. The molecule has 3 aromatic rings. The van der Waals surface area contributed by atoms with Gasteiger partial charge in [0.15, 0.2) is 0 Å². The van der Waals surface area contributed by atoms with E-state index in [4.69, 9.17) is 4.98 Å². The summed E-state index contributed by atoms with van der Waals surface area (Å²) in [7, 11) is -3.42. The van der Waals surface area contributed by atoms with E-state index in [2.05, 4.69) is 6.07 Å². The number of sulfonamides is 1. The number of piperidine rings is 1. The first-order valence-electron chi connectivity index (χ1n) is 8.70. The molecule has 2 aromatic carbocycles. The van der Waals surface area contributed by atoms with Crippen LogP contribution in [0.1, 0.15) is 29.3 Å². The molecule has 26 heavy (non-hydrogen) atoms. The van der Waals surface area contributed by atoms with Crippen molar-refractivity contribution >= 4 is 37.7 Å². The summed E-state index contributed by atoms with van der Waals surface area (Å²) in [5.74, 6) is 0.168. The van der Waals surface area contributed by atoms with Gasteiger partial charge in [-0.25, -0.2) is 13.4 Å². The van der Waals surface area contributed by atoms with Crippen LogP contribution in [0.15, 0.2) is 60.0 Å². The van der Waals surface area contributed by atoms with Crippen molar-refractivity contribution in [1.29, 1.82) is 0 Å². The van der Waals surface area contributed by atoms with E-state index in [1.807, 2.05) is 48.5 Å². The Hall–Kier alpha value is -2.02. The lowest BCUT2D eigenvalue weighted by molar-refractivity contribution is 0.318. The maximum Gasteiger partial charge on any atom is 0.236 e. The average Bonchev–Trinajstić information content (AvgIpc) is 3.12. The third-order valence-electron chi connectivity index (χ3n) is 4.64. The van der Waals surface area contributed by atoms with Gasteiger partial charge in [-0.15, -0.1) is 11.3 Å². The molecule has 1 fully saturated rings. The van der Waals surface area contributed by atoms with Gasteiger partial charge in [-0.1, -0.05) is 42.5 Å². The Morgan fingerprint density at radius 2 is 1.85 bits per heavy atom. The van der Waals surface area contributed by atoms with Gasteiger partial charge in [0, 0.05) is 24.4 Å². The summed E-state index contributed by atoms with van der Waals surface area (Å²) in [5.41, 5.74) is 1.88. The molecule has 1 aliphatic heterocycles. The zero-order chi connectivity index (χ0) is 18.0. The molecule has 0 radical (unpaired) electrons. The summed E-state index contributed by atoms with van der Waals surface area (Å²) in [5, 5.41) is 2.36. The molecule has 0 unspecified atom stereocenters. The fraction of sp³-hybridized carbons (Fsp3) is 0.250. The van der Waals surface area contributed by atoms with Crippen molar-refractivity contribution in [3.05, 3.63) is 70.6 Å². The van der Waals surface area contributed by atoms with Crippen LogP contribution in [0.5, 0.6) is 0 Å². The molecular weight excluding hydrogens is 364 g/mol. The molecule has 0 amide bonds. The molecule has 2 heterocycles. The first kappa shape index (κ1) is 17.4. The number of rotatable bonds is 4. The Morgan fingerprint density at radius 3 is 2.65 bits per heavy atom. The zero-order valence-corrected chi connectivity index (χ0v) is 15.9. The maximum atomic E-state index is 12.7. The summed E-state index contributed by atoms with van der Waals surface area (Å²) in [6.07, 6.45) is 3.50. The molecule has 4 rings (SSSR count). The first-order chi connectivity index (χ1) is 12.6.